The fraction of sp³-hybridized carbons (Fsp3) is 0.562. The average molecular weight is 278 g/mol. The van der Waals surface area contributed by atoms with E-state index in [0.29, 0.717) is 6.54 Å². The lowest BCUT2D eigenvalue weighted by Gasteiger charge is -2.18. The van der Waals surface area contributed by atoms with Crippen molar-refractivity contribution in [3.63, 3.8) is 0 Å². The van der Waals surface area contributed by atoms with Crippen molar-refractivity contribution in [2.24, 2.45) is 5.73 Å². The Morgan fingerprint density at radius 2 is 2.10 bits per heavy atom. The molecule has 1 aromatic carbocycles. The van der Waals surface area contributed by atoms with Crippen LogP contribution < -0.4 is 15.8 Å². The van der Waals surface area contributed by atoms with Gasteiger partial charge < -0.3 is 15.8 Å². The summed E-state index contributed by atoms with van der Waals surface area (Å²) in [5.41, 5.74) is 8.08. The Labute approximate surface area is 121 Å². The van der Waals surface area contributed by atoms with Gasteiger partial charge in [-0.3, -0.25) is 4.79 Å². The molecule has 0 heterocycles. The number of carbonyl (C=O) groups excluding carboxylic acids is 1. The minimum absolute atomic E-state index is 0.0587. The Balaban J connectivity index is 2.77. The highest BCUT2D eigenvalue weighted by atomic mass is 16.5. The average Bonchev–Trinajstić information content (AvgIpc) is 2.38. The van der Waals surface area contributed by atoms with Gasteiger partial charge in [0, 0.05) is 12.6 Å². The smallest absolute Gasteiger partial charge is 0.260 e. The molecule has 0 spiro atoms. The van der Waals surface area contributed by atoms with Crippen molar-refractivity contribution >= 4 is 5.91 Å². The maximum atomic E-state index is 11.8. The largest absolute Gasteiger partial charge is 0.481 e. The van der Waals surface area contributed by atoms with E-state index in [0.717, 1.165) is 29.7 Å². The lowest BCUT2D eigenvalue weighted by molar-refractivity contribution is -0.127. The first-order valence-electron chi connectivity index (χ1n) is 7.23. The third kappa shape index (κ3) is 5.21. The summed E-state index contributed by atoms with van der Waals surface area (Å²) in [6.07, 6.45) is 1.15. The molecule has 1 aromatic rings. The van der Waals surface area contributed by atoms with E-state index in [1.807, 2.05) is 32.9 Å². The van der Waals surface area contributed by atoms with Gasteiger partial charge in [-0.2, -0.15) is 0 Å². The second-order valence-corrected chi connectivity index (χ2v) is 5.34. The van der Waals surface area contributed by atoms with Crippen LogP contribution in [0.2, 0.25) is 0 Å². The van der Waals surface area contributed by atoms with Gasteiger partial charge in [-0.15, -0.1) is 0 Å². The van der Waals surface area contributed by atoms with Crippen molar-refractivity contribution in [2.75, 3.05) is 6.54 Å². The van der Waals surface area contributed by atoms with Crippen LogP contribution >= 0.6 is 0 Å². The van der Waals surface area contributed by atoms with Crippen molar-refractivity contribution in [2.45, 2.75) is 52.7 Å². The molecule has 1 rings (SSSR count). The third-order valence-electron chi connectivity index (χ3n) is 2.98. The Morgan fingerprint density at radius 3 is 2.70 bits per heavy atom. The molecular weight excluding hydrogens is 252 g/mol. The number of ether oxygens (including phenoxy) is 1. The van der Waals surface area contributed by atoms with Gasteiger partial charge in [0.05, 0.1) is 0 Å². The van der Waals surface area contributed by atoms with Gasteiger partial charge in [-0.25, -0.2) is 0 Å². The van der Waals surface area contributed by atoms with Crippen molar-refractivity contribution in [1.82, 2.24) is 5.32 Å². The van der Waals surface area contributed by atoms with Gasteiger partial charge >= 0.3 is 0 Å². The predicted molar refractivity (Wildman–Crippen MR) is 81.9 cm³/mol. The molecule has 0 saturated carbocycles. The number of hydrogen-bond donors (Lipinski definition) is 2. The molecule has 2 unspecified atom stereocenters. The molecular formula is C16H26N2O2. The highest BCUT2D eigenvalue weighted by Crippen LogP contribution is 2.22. The lowest BCUT2D eigenvalue weighted by Crippen LogP contribution is -2.36. The van der Waals surface area contributed by atoms with E-state index in [-0.39, 0.29) is 11.9 Å². The van der Waals surface area contributed by atoms with Gasteiger partial charge in [0.25, 0.3) is 5.91 Å². The summed E-state index contributed by atoms with van der Waals surface area (Å²) >= 11 is 0. The Bertz CT molecular complexity index is 444. The monoisotopic (exact) mass is 278 g/mol. The predicted octanol–water partition coefficient (Wildman–Crippen LogP) is 2.18. The molecule has 0 aliphatic carbocycles. The topological polar surface area (TPSA) is 64.3 Å². The number of nitrogens with one attached hydrogen (secondary N) is 1. The van der Waals surface area contributed by atoms with Gasteiger partial charge in [-0.1, -0.05) is 24.6 Å². The standard InChI is InChI=1S/C16H26N2O2/c1-5-8-18-16(19)13(4)20-15-7-6-11(2)9-14(15)10-12(3)17/h6-7,9,12-13H,5,8,10,17H2,1-4H3,(H,18,19). The first-order valence-corrected chi connectivity index (χ1v) is 7.23. The van der Waals surface area contributed by atoms with E-state index in [1.54, 1.807) is 6.92 Å². The second kappa shape index (κ2) is 7.90. The van der Waals surface area contributed by atoms with Gasteiger partial charge in [0.15, 0.2) is 6.10 Å². The summed E-state index contributed by atoms with van der Waals surface area (Å²) in [4.78, 5) is 11.8. The number of hydrogen-bond acceptors (Lipinski definition) is 3. The van der Waals surface area contributed by atoms with E-state index in [2.05, 4.69) is 11.4 Å². The van der Waals surface area contributed by atoms with Gasteiger partial charge in [0.2, 0.25) is 0 Å². The van der Waals surface area contributed by atoms with Crippen LogP contribution in [0.3, 0.4) is 0 Å². The molecule has 3 N–H and O–H groups in total. The van der Waals surface area contributed by atoms with Crippen LogP contribution in [0.1, 0.15) is 38.3 Å². The first kappa shape index (κ1) is 16.5. The number of rotatable bonds is 7. The maximum Gasteiger partial charge on any atom is 0.260 e. The number of aryl methyl sites for hydroxylation is 1. The first-order chi connectivity index (χ1) is 9.43. The summed E-state index contributed by atoms with van der Waals surface area (Å²) in [5, 5.41) is 2.84. The van der Waals surface area contributed by atoms with Crippen LogP contribution in [0.15, 0.2) is 18.2 Å². The minimum Gasteiger partial charge on any atom is -0.481 e. The van der Waals surface area contributed by atoms with Crippen molar-refractivity contribution in [1.29, 1.82) is 0 Å². The summed E-state index contributed by atoms with van der Waals surface area (Å²) < 4.78 is 5.79. The number of carbonyl (C=O) groups is 1. The van der Waals surface area contributed by atoms with Crippen LogP contribution in [0.4, 0.5) is 0 Å². The molecule has 0 bridgehead atoms. The van der Waals surface area contributed by atoms with Crippen LogP contribution in [0.5, 0.6) is 5.75 Å². The molecule has 0 fully saturated rings. The van der Waals surface area contributed by atoms with E-state index in [9.17, 15) is 4.79 Å². The van der Waals surface area contributed by atoms with E-state index in [1.165, 1.54) is 0 Å². The number of nitrogens with two attached hydrogens (primary N) is 1. The van der Waals surface area contributed by atoms with Crippen molar-refractivity contribution < 1.29 is 9.53 Å². The molecule has 0 aliphatic heterocycles. The second-order valence-electron chi connectivity index (χ2n) is 5.34. The molecule has 1 amide bonds. The molecule has 0 aliphatic rings. The van der Waals surface area contributed by atoms with Gasteiger partial charge in [0.1, 0.15) is 5.75 Å². The molecule has 0 radical (unpaired) electrons. The van der Waals surface area contributed by atoms with E-state index in [4.69, 9.17) is 10.5 Å². The molecule has 20 heavy (non-hydrogen) atoms. The van der Waals surface area contributed by atoms with Crippen molar-refractivity contribution in [3.05, 3.63) is 29.3 Å². The van der Waals surface area contributed by atoms with Crippen LogP contribution in [0, 0.1) is 6.92 Å². The van der Waals surface area contributed by atoms with E-state index >= 15 is 0 Å². The molecule has 0 aromatic heterocycles. The van der Waals surface area contributed by atoms with Crippen LogP contribution in [0.25, 0.3) is 0 Å². The lowest BCUT2D eigenvalue weighted by atomic mass is 10.0. The number of amides is 1. The summed E-state index contributed by atoms with van der Waals surface area (Å²) in [6, 6.07) is 6.02. The van der Waals surface area contributed by atoms with Crippen LogP contribution in [-0.2, 0) is 11.2 Å². The Morgan fingerprint density at radius 1 is 1.40 bits per heavy atom. The van der Waals surface area contributed by atoms with Gasteiger partial charge in [-0.05, 0) is 45.2 Å². The van der Waals surface area contributed by atoms with E-state index < -0.39 is 6.10 Å². The maximum absolute atomic E-state index is 11.8. The summed E-state index contributed by atoms with van der Waals surface area (Å²) in [7, 11) is 0. The molecule has 112 valence electrons. The zero-order chi connectivity index (χ0) is 15.1. The molecule has 4 heteroatoms. The highest BCUT2D eigenvalue weighted by Gasteiger charge is 2.16. The fourth-order valence-electron chi connectivity index (χ4n) is 1.97. The Kier molecular flexibility index (Phi) is 6.52. The molecule has 2 atom stereocenters. The fourth-order valence-corrected chi connectivity index (χ4v) is 1.97. The molecule has 0 saturated heterocycles. The highest BCUT2D eigenvalue weighted by molar-refractivity contribution is 5.80. The third-order valence-corrected chi connectivity index (χ3v) is 2.98. The SMILES string of the molecule is CCCNC(=O)C(C)Oc1ccc(C)cc1CC(C)N. The molecule has 4 nitrogen and oxygen atoms in total. The Hall–Kier alpha value is -1.55. The zero-order valence-corrected chi connectivity index (χ0v) is 12.9. The normalized spacial score (nSPS) is 13.7. The van der Waals surface area contributed by atoms with Crippen molar-refractivity contribution in [3.8, 4) is 5.75 Å². The summed E-state index contributed by atoms with van der Waals surface area (Å²) in [5.74, 6) is 0.659. The minimum atomic E-state index is -0.504. The quantitative estimate of drug-likeness (QED) is 0.803. The zero-order valence-electron chi connectivity index (χ0n) is 12.9. The van der Waals surface area contributed by atoms with Crippen LogP contribution in [-0.4, -0.2) is 24.6 Å². The number of benzene rings is 1. The summed E-state index contributed by atoms with van der Waals surface area (Å²) in [6.45, 7) is 8.45.